The first-order valence-electron chi connectivity index (χ1n) is 5.67. The number of rotatable bonds is 3. The Kier molecular flexibility index (Phi) is 3.04. The highest BCUT2D eigenvalue weighted by Gasteiger charge is 2.07. The van der Waals surface area contributed by atoms with Gasteiger partial charge in [-0.05, 0) is 13.3 Å². The van der Waals surface area contributed by atoms with E-state index >= 15 is 0 Å². The summed E-state index contributed by atoms with van der Waals surface area (Å²) in [7, 11) is 1.95. The summed E-state index contributed by atoms with van der Waals surface area (Å²) in [6.45, 7) is 4.23. The number of aryl methyl sites for hydroxylation is 3. The predicted octanol–water partition coefficient (Wildman–Crippen LogP) is 2.74. The maximum Gasteiger partial charge on any atom is 0.181 e. The van der Waals surface area contributed by atoms with Gasteiger partial charge >= 0.3 is 0 Å². The average molecular weight is 215 g/mol. The van der Waals surface area contributed by atoms with Crippen molar-refractivity contribution in [2.45, 2.75) is 26.7 Å². The van der Waals surface area contributed by atoms with Crippen molar-refractivity contribution in [2.24, 2.45) is 7.05 Å². The Morgan fingerprint density at radius 3 is 2.50 bits per heavy atom. The van der Waals surface area contributed by atoms with Crippen molar-refractivity contribution in [3.63, 3.8) is 0 Å². The van der Waals surface area contributed by atoms with Gasteiger partial charge in [0.2, 0.25) is 0 Å². The predicted molar refractivity (Wildman–Crippen MR) is 65.2 cm³/mol. The smallest absolute Gasteiger partial charge is 0.181 e. The molecule has 0 aliphatic heterocycles. The molecule has 3 heteroatoms. The Hall–Kier alpha value is -1.64. The van der Waals surface area contributed by atoms with Crippen LogP contribution in [0.25, 0.3) is 11.4 Å². The van der Waals surface area contributed by atoms with Crippen molar-refractivity contribution in [1.29, 1.82) is 0 Å². The van der Waals surface area contributed by atoms with Crippen LogP contribution >= 0.6 is 0 Å². The molecule has 3 nitrogen and oxygen atoms in total. The van der Waals surface area contributed by atoms with Crippen LogP contribution in [0.5, 0.6) is 0 Å². The van der Waals surface area contributed by atoms with Gasteiger partial charge in [0.1, 0.15) is 5.82 Å². The summed E-state index contributed by atoms with van der Waals surface area (Å²) >= 11 is 0. The highest BCUT2D eigenvalue weighted by Crippen LogP contribution is 2.16. The van der Waals surface area contributed by atoms with Gasteiger partial charge in [-0.15, -0.1) is 0 Å². The van der Waals surface area contributed by atoms with E-state index in [1.807, 2.05) is 11.7 Å². The second-order valence-corrected chi connectivity index (χ2v) is 4.09. The summed E-state index contributed by atoms with van der Waals surface area (Å²) in [6, 6.07) is 8.32. The molecule has 0 bridgehead atoms. The van der Waals surface area contributed by atoms with Crippen molar-refractivity contribution in [2.75, 3.05) is 0 Å². The number of hydrogen-bond acceptors (Lipinski definition) is 2. The molecule has 16 heavy (non-hydrogen) atoms. The lowest BCUT2D eigenvalue weighted by Crippen LogP contribution is -1.98. The maximum atomic E-state index is 4.55. The summed E-state index contributed by atoms with van der Waals surface area (Å²) in [6.07, 6.45) is 2.08. The monoisotopic (exact) mass is 215 g/mol. The van der Waals surface area contributed by atoms with E-state index in [2.05, 4.69) is 48.2 Å². The molecule has 2 rings (SSSR count). The van der Waals surface area contributed by atoms with Crippen LogP contribution in [0.2, 0.25) is 0 Å². The molecule has 0 atom stereocenters. The fraction of sp³-hybridized carbons (Fsp3) is 0.385. The lowest BCUT2D eigenvalue weighted by atomic mass is 10.1. The van der Waals surface area contributed by atoms with Crippen molar-refractivity contribution < 1.29 is 0 Å². The quantitative estimate of drug-likeness (QED) is 0.788. The van der Waals surface area contributed by atoms with E-state index in [0.29, 0.717) is 0 Å². The summed E-state index contributed by atoms with van der Waals surface area (Å²) in [5, 5.41) is 4.43. The molecule has 0 saturated carbocycles. The first kappa shape index (κ1) is 10.9. The van der Waals surface area contributed by atoms with Crippen molar-refractivity contribution in [3.05, 3.63) is 35.7 Å². The number of aromatic nitrogens is 3. The first-order valence-corrected chi connectivity index (χ1v) is 5.67. The largest absolute Gasteiger partial charge is 0.253 e. The third-order valence-corrected chi connectivity index (χ3v) is 2.64. The van der Waals surface area contributed by atoms with E-state index < -0.39 is 0 Å². The molecular weight excluding hydrogens is 198 g/mol. The Morgan fingerprint density at radius 1 is 1.19 bits per heavy atom. The second-order valence-electron chi connectivity index (χ2n) is 4.09. The molecule has 0 N–H and O–H groups in total. The minimum absolute atomic E-state index is 0.825. The van der Waals surface area contributed by atoms with E-state index in [0.717, 1.165) is 30.1 Å². The molecule has 1 aromatic heterocycles. The van der Waals surface area contributed by atoms with Crippen molar-refractivity contribution in [1.82, 2.24) is 14.8 Å². The van der Waals surface area contributed by atoms with E-state index in [4.69, 9.17) is 0 Å². The molecule has 1 heterocycles. The lowest BCUT2D eigenvalue weighted by molar-refractivity contribution is 0.687. The number of benzene rings is 1. The second kappa shape index (κ2) is 4.47. The summed E-state index contributed by atoms with van der Waals surface area (Å²) < 4.78 is 1.87. The minimum Gasteiger partial charge on any atom is -0.253 e. The highest BCUT2D eigenvalue weighted by molar-refractivity contribution is 5.54. The van der Waals surface area contributed by atoms with Crippen LogP contribution in [0, 0.1) is 6.92 Å². The fourth-order valence-electron chi connectivity index (χ4n) is 1.68. The molecule has 0 radical (unpaired) electrons. The van der Waals surface area contributed by atoms with Gasteiger partial charge in [-0.2, -0.15) is 5.10 Å². The molecule has 2 aromatic rings. The zero-order chi connectivity index (χ0) is 11.5. The Morgan fingerprint density at radius 2 is 1.88 bits per heavy atom. The number of hydrogen-bond donors (Lipinski definition) is 0. The van der Waals surface area contributed by atoms with Crippen molar-refractivity contribution >= 4 is 0 Å². The molecule has 0 spiro atoms. The van der Waals surface area contributed by atoms with Gasteiger partial charge < -0.3 is 0 Å². The van der Waals surface area contributed by atoms with Gasteiger partial charge in [-0.25, -0.2) is 4.98 Å². The zero-order valence-corrected chi connectivity index (χ0v) is 10.1. The van der Waals surface area contributed by atoms with Crippen LogP contribution in [0.4, 0.5) is 0 Å². The maximum absolute atomic E-state index is 4.55. The van der Waals surface area contributed by atoms with Crippen LogP contribution in [0.15, 0.2) is 24.3 Å². The summed E-state index contributed by atoms with van der Waals surface area (Å²) in [5.41, 5.74) is 2.34. The highest BCUT2D eigenvalue weighted by atomic mass is 15.3. The lowest BCUT2D eigenvalue weighted by Gasteiger charge is -1.95. The van der Waals surface area contributed by atoms with Gasteiger partial charge in [-0.1, -0.05) is 36.8 Å². The minimum atomic E-state index is 0.825. The van der Waals surface area contributed by atoms with Gasteiger partial charge in [0.15, 0.2) is 5.82 Å². The summed E-state index contributed by atoms with van der Waals surface area (Å²) in [4.78, 5) is 4.55. The number of nitrogens with zero attached hydrogens (tertiary/aromatic N) is 3. The molecule has 1 aromatic carbocycles. The van der Waals surface area contributed by atoms with Gasteiger partial charge in [0.05, 0.1) is 0 Å². The van der Waals surface area contributed by atoms with Crippen LogP contribution < -0.4 is 0 Å². The van der Waals surface area contributed by atoms with E-state index in [1.54, 1.807) is 0 Å². The molecule has 0 amide bonds. The normalized spacial score (nSPS) is 10.7. The SMILES string of the molecule is CCCc1nc(-c2ccc(C)cc2)nn1C. The molecule has 84 valence electrons. The van der Waals surface area contributed by atoms with Gasteiger partial charge in [0, 0.05) is 19.0 Å². The van der Waals surface area contributed by atoms with Gasteiger partial charge in [0.25, 0.3) is 0 Å². The molecule has 0 aliphatic carbocycles. The summed E-state index contributed by atoms with van der Waals surface area (Å²) in [5.74, 6) is 1.88. The van der Waals surface area contributed by atoms with E-state index in [-0.39, 0.29) is 0 Å². The van der Waals surface area contributed by atoms with Crippen LogP contribution in [-0.4, -0.2) is 14.8 Å². The van der Waals surface area contributed by atoms with Crippen molar-refractivity contribution in [3.8, 4) is 11.4 Å². The van der Waals surface area contributed by atoms with E-state index in [1.165, 1.54) is 5.56 Å². The third kappa shape index (κ3) is 2.13. The van der Waals surface area contributed by atoms with Crippen LogP contribution in [0.1, 0.15) is 24.7 Å². The fourth-order valence-corrected chi connectivity index (χ4v) is 1.68. The average Bonchev–Trinajstić information content (AvgIpc) is 2.62. The molecular formula is C13H17N3. The first-order chi connectivity index (χ1) is 7.70. The van der Waals surface area contributed by atoms with Crippen LogP contribution in [0.3, 0.4) is 0 Å². The molecule has 0 unspecified atom stereocenters. The standard InChI is InChI=1S/C13H17N3/c1-4-5-12-14-13(15-16(12)3)11-8-6-10(2)7-9-11/h6-9H,4-5H2,1-3H3. The topological polar surface area (TPSA) is 30.7 Å². The zero-order valence-electron chi connectivity index (χ0n) is 10.1. The molecule has 0 aliphatic rings. The van der Waals surface area contributed by atoms with E-state index in [9.17, 15) is 0 Å². The Balaban J connectivity index is 2.33. The Bertz CT molecular complexity index is 468. The van der Waals surface area contributed by atoms with Crippen LogP contribution in [-0.2, 0) is 13.5 Å². The Labute approximate surface area is 96.1 Å². The molecule has 0 fully saturated rings. The third-order valence-electron chi connectivity index (χ3n) is 2.64. The van der Waals surface area contributed by atoms with Gasteiger partial charge in [-0.3, -0.25) is 4.68 Å². The molecule has 0 saturated heterocycles.